The van der Waals surface area contributed by atoms with Crippen LogP contribution in [0.1, 0.15) is 19.3 Å². The second-order valence-electron chi connectivity index (χ2n) is 3.36. The molecule has 1 unspecified atom stereocenters. The van der Waals surface area contributed by atoms with Gasteiger partial charge in [-0.1, -0.05) is 24.8 Å². The lowest BCUT2D eigenvalue weighted by atomic mass is 10.2. The topological polar surface area (TPSA) is 37.3 Å². The number of rotatable bonds is 6. The van der Waals surface area contributed by atoms with Gasteiger partial charge in [0.05, 0.1) is 15.7 Å². The van der Waals surface area contributed by atoms with E-state index < -0.39 is 10.8 Å². The van der Waals surface area contributed by atoms with Crippen molar-refractivity contribution >= 4 is 10.8 Å². The van der Waals surface area contributed by atoms with Crippen LogP contribution in [0.5, 0.6) is 0 Å². The lowest BCUT2D eigenvalue weighted by Crippen LogP contribution is -1.96. The summed E-state index contributed by atoms with van der Waals surface area (Å²) >= 11 is 0. The number of hydrogen-bond acceptors (Lipinski definition) is 2. The Morgan fingerprint density at radius 2 is 2.00 bits per heavy atom. The zero-order valence-electron chi connectivity index (χ0n) is 9.19. The predicted molar refractivity (Wildman–Crippen MR) is 66.4 cm³/mol. The molecule has 1 aromatic carbocycles. The number of aliphatic hydroxyl groups excluding tert-OH is 1. The molecule has 1 rings (SSSR count). The molecule has 0 radical (unpaired) electrons. The number of hydrogen-bond donors (Lipinski definition) is 1. The molecule has 1 aromatic rings. The molecular formula is C13H16O2S. The third kappa shape index (κ3) is 3.78. The Labute approximate surface area is 98.8 Å². The Hall–Kier alpha value is -1.15. The molecule has 86 valence electrons. The van der Waals surface area contributed by atoms with Crippen molar-refractivity contribution in [3.05, 3.63) is 47.5 Å². The van der Waals surface area contributed by atoms with E-state index in [0.717, 1.165) is 17.7 Å². The van der Waals surface area contributed by atoms with Gasteiger partial charge in [-0.05, 0) is 31.4 Å². The molecule has 0 saturated carbocycles. The zero-order chi connectivity index (χ0) is 11.8. The summed E-state index contributed by atoms with van der Waals surface area (Å²) < 4.78 is 12.1. The maximum Gasteiger partial charge on any atom is 0.0886 e. The summed E-state index contributed by atoms with van der Waals surface area (Å²) in [6, 6.07) is 9.28. The average Bonchev–Trinajstić information content (AvgIpc) is 2.35. The molecule has 0 bridgehead atoms. The molecule has 0 amide bonds. The van der Waals surface area contributed by atoms with Crippen LogP contribution in [0.2, 0.25) is 0 Å². The summed E-state index contributed by atoms with van der Waals surface area (Å²) in [5.74, 6) is 0. The van der Waals surface area contributed by atoms with Gasteiger partial charge in [-0.3, -0.25) is 0 Å². The van der Waals surface area contributed by atoms with Crippen molar-refractivity contribution in [2.24, 2.45) is 0 Å². The Morgan fingerprint density at radius 3 is 2.56 bits per heavy atom. The van der Waals surface area contributed by atoms with Gasteiger partial charge in [0.1, 0.15) is 0 Å². The van der Waals surface area contributed by atoms with E-state index in [0.29, 0.717) is 11.3 Å². The quantitative estimate of drug-likeness (QED) is 0.609. The Kier molecular flexibility index (Phi) is 5.79. The highest BCUT2D eigenvalue weighted by Gasteiger charge is 2.08. The third-order valence-electron chi connectivity index (χ3n) is 2.19. The molecule has 1 N–H and O–H groups in total. The van der Waals surface area contributed by atoms with Crippen molar-refractivity contribution < 1.29 is 9.32 Å². The first kappa shape index (κ1) is 12.9. The highest BCUT2D eigenvalue weighted by molar-refractivity contribution is 7.89. The van der Waals surface area contributed by atoms with Crippen molar-refractivity contribution in [2.45, 2.75) is 24.2 Å². The fourth-order valence-corrected chi connectivity index (χ4v) is 2.48. The molecule has 0 saturated heterocycles. The monoisotopic (exact) mass is 236 g/mol. The highest BCUT2D eigenvalue weighted by Crippen LogP contribution is 2.17. The highest BCUT2D eigenvalue weighted by atomic mass is 32.2. The van der Waals surface area contributed by atoms with Crippen LogP contribution < -0.4 is 0 Å². The minimum atomic E-state index is -1.16. The molecule has 0 fully saturated rings. The van der Waals surface area contributed by atoms with Crippen molar-refractivity contribution in [2.75, 3.05) is 6.61 Å². The summed E-state index contributed by atoms with van der Waals surface area (Å²) in [5, 5.41) is 8.69. The van der Waals surface area contributed by atoms with E-state index >= 15 is 0 Å². The normalized spacial score (nSPS) is 11.8. The largest absolute Gasteiger partial charge is 0.396 e. The second-order valence-corrected chi connectivity index (χ2v) is 4.86. The molecule has 0 aromatic heterocycles. The Bertz CT molecular complexity index is 392. The predicted octanol–water partition coefficient (Wildman–Crippen LogP) is 2.63. The van der Waals surface area contributed by atoms with Gasteiger partial charge in [-0.25, -0.2) is 4.21 Å². The van der Waals surface area contributed by atoms with E-state index in [1.54, 1.807) is 0 Å². The molecule has 1 atom stereocenters. The SMILES string of the molecule is C=C=C(CCCCO)S(=O)c1ccccc1. The number of aliphatic hydroxyl groups is 1. The Morgan fingerprint density at radius 1 is 1.31 bits per heavy atom. The molecule has 0 aliphatic carbocycles. The van der Waals surface area contributed by atoms with Gasteiger partial charge in [0, 0.05) is 11.5 Å². The van der Waals surface area contributed by atoms with Crippen LogP contribution in [-0.4, -0.2) is 15.9 Å². The summed E-state index contributed by atoms with van der Waals surface area (Å²) in [6.45, 7) is 3.74. The van der Waals surface area contributed by atoms with Crippen molar-refractivity contribution in [1.82, 2.24) is 0 Å². The molecule has 2 nitrogen and oxygen atoms in total. The van der Waals surface area contributed by atoms with Gasteiger partial charge >= 0.3 is 0 Å². The number of unbranched alkanes of at least 4 members (excludes halogenated alkanes) is 1. The van der Waals surface area contributed by atoms with Gasteiger partial charge in [0.25, 0.3) is 0 Å². The lowest BCUT2D eigenvalue weighted by molar-refractivity contribution is 0.285. The van der Waals surface area contributed by atoms with Crippen molar-refractivity contribution in [1.29, 1.82) is 0 Å². The molecule has 16 heavy (non-hydrogen) atoms. The van der Waals surface area contributed by atoms with Gasteiger partial charge in [-0.2, -0.15) is 0 Å². The third-order valence-corrected chi connectivity index (χ3v) is 3.69. The molecule has 0 aliphatic heterocycles. The van der Waals surface area contributed by atoms with Crippen LogP contribution in [0.15, 0.2) is 52.4 Å². The summed E-state index contributed by atoms with van der Waals surface area (Å²) in [5.41, 5.74) is 2.74. The molecule has 3 heteroatoms. The standard InChI is InChI=1S/C13H16O2S/c1-2-12(8-6-7-11-14)16(15)13-9-4-3-5-10-13/h3-5,9-10,14H,1,6-8,11H2. The fourth-order valence-electron chi connectivity index (χ4n) is 1.33. The number of allylic oxidation sites excluding steroid dienone is 1. The van der Waals surface area contributed by atoms with Crippen LogP contribution in [0.25, 0.3) is 0 Å². The minimum Gasteiger partial charge on any atom is -0.396 e. The van der Waals surface area contributed by atoms with Crippen LogP contribution in [0, 0.1) is 0 Å². The van der Waals surface area contributed by atoms with Gasteiger partial charge in [0.15, 0.2) is 0 Å². The van der Waals surface area contributed by atoms with Crippen LogP contribution in [-0.2, 0) is 10.8 Å². The van der Waals surface area contributed by atoms with Gasteiger partial charge in [-0.15, -0.1) is 5.73 Å². The summed E-state index contributed by atoms with van der Waals surface area (Å²) in [6.07, 6.45) is 2.20. The first-order valence-corrected chi connectivity index (χ1v) is 6.41. The lowest BCUT2D eigenvalue weighted by Gasteiger charge is -2.04. The van der Waals surface area contributed by atoms with E-state index in [-0.39, 0.29) is 6.61 Å². The first-order chi connectivity index (χ1) is 7.79. The van der Waals surface area contributed by atoms with Crippen LogP contribution >= 0.6 is 0 Å². The molecule has 0 spiro atoms. The smallest absolute Gasteiger partial charge is 0.0886 e. The molecule has 0 heterocycles. The van der Waals surface area contributed by atoms with Gasteiger partial charge < -0.3 is 5.11 Å². The van der Waals surface area contributed by atoms with E-state index in [4.69, 9.17) is 5.11 Å². The van der Waals surface area contributed by atoms with E-state index in [9.17, 15) is 4.21 Å². The molecule has 0 aliphatic rings. The second kappa shape index (κ2) is 7.18. The number of benzene rings is 1. The maximum atomic E-state index is 12.1. The van der Waals surface area contributed by atoms with Crippen molar-refractivity contribution in [3.63, 3.8) is 0 Å². The van der Waals surface area contributed by atoms with Crippen LogP contribution in [0.3, 0.4) is 0 Å². The Balaban J connectivity index is 2.68. The average molecular weight is 236 g/mol. The maximum absolute atomic E-state index is 12.1. The van der Waals surface area contributed by atoms with E-state index in [1.165, 1.54) is 0 Å². The fraction of sp³-hybridized carbons (Fsp3) is 0.308. The van der Waals surface area contributed by atoms with E-state index in [2.05, 4.69) is 12.3 Å². The summed E-state index contributed by atoms with van der Waals surface area (Å²) in [7, 11) is -1.16. The van der Waals surface area contributed by atoms with Gasteiger partial charge in [0.2, 0.25) is 0 Å². The van der Waals surface area contributed by atoms with E-state index in [1.807, 2.05) is 30.3 Å². The first-order valence-electron chi connectivity index (χ1n) is 5.26. The van der Waals surface area contributed by atoms with Crippen molar-refractivity contribution in [3.8, 4) is 0 Å². The zero-order valence-corrected chi connectivity index (χ0v) is 10.0. The summed E-state index contributed by atoms with van der Waals surface area (Å²) in [4.78, 5) is 1.48. The minimum absolute atomic E-state index is 0.169. The van der Waals surface area contributed by atoms with Crippen LogP contribution in [0.4, 0.5) is 0 Å². The molecular weight excluding hydrogens is 220 g/mol.